The zero-order valence-electron chi connectivity index (χ0n) is 16.1. The number of piperidine rings is 1. The molecule has 2 atom stereocenters. The van der Waals surface area contributed by atoms with Crippen LogP contribution < -0.4 is 10.6 Å². The summed E-state index contributed by atoms with van der Waals surface area (Å²) in [5.41, 5.74) is 1.19. The van der Waals surface area contributed by atoms with E-state index in [1.165, 1.54) is 5.69 Å². The molecule has 2 unspecified atom stereocenters. The van der Waals surface area contributed by atoms with E-state index in [1.54, 1.807) is 0 Å². The minimum Gasteiger partial charge on any atom is -0.378 e. The summed E-state index contributed by atoms with van der Waals surface area (Å²) in [6, 6.07) is 2.90. The minimum absolute atomic E-state index is 0.300. The number of hydrogen-bond acceptors (Lipinski definition) is 7. The fourth-order valence-electron chi connectivity index (χ4n) is 4.38. The maximum Gasteiger partial charge on any atom is 0.130 e. The Hall–Kier alpha value is -1.28. The topological polar surface area (TPSA) is 65.6 Å². The lowest BCUT2D eigenvalue weighted by molar-refractivity contribution is 0.0948. The van der Waals surface area contributed by atoms with E-state index in [2.05, 4.69) is 38.5 Å². The average Bonchev–Trinajstić information content (AvgIpc) is 3.11. The molecule has 0 aromatic carbocycles. The quantitative estimate of drug-likeness (QED) is 0.818. The number of ether oxygens (including phenoxy) is 1. The molecule has 3 aliphatic heterocycles. The van der Waals surface area contributed by atoms with Gasteiger partial charge in [-0.15, -0.1) is 0 Å². The Morgan fingerprint density at radius 2 is 1.88 bits per heavy atom. The summed E-state index contributed by atoms with van der Waals surface area (Å²) in [6.45, 7) is 10.2. The SMILES string of the molecule is Cc1nc(NC2COCC2N2CCN(C)CC2)cc(C2CCNCC2)n1. The third kappa shape index (κ3) is 4.17. The molecule has 7 heteroatoms. The van der Waals surface area contributed by atoms with Crippen LogP contribution in [0.2, 0.25) is 0 Å². The highest BCUT2D eigenvalue weighted by atomic mass is 16.5. The normalized spacial score (nSPS) is 29.2. The van der Waals surface area contributed by atoms with Gasteiger partial charge in [0.25, 0.3) is 0 Å². The molecule has 3 fully saturated rings. The maximum atomic E-state index is 5.83. The first-order valence-electron chi connectivity index (χ1n) is 10.0. The van der Waals surface area contributed by atoms with E-state index >= 15 is 0 Å². The Morgan fingerprint density at radius 1 is 1.12 bits per heavy atom. The van der Waals surface area contributed by atoms with Crippen LogP contribution in [0.1, 0.15) is 30.3 Å². The van der Waals surface area contributed by atoms with Crippen LogP contribution in [-0.2, 0) is 4.74 Å². The predicted octanol–water partition coefficient (Wildman–Crippen LogP) is 0.679. The first-order valence-corrected chi connectivity index (χ1v) is 10.0. The summed E-state index contributed by atoms with van der Waals surface area (Å²) < 4.78 is 5.83. The third-order valence-corrected chi connectivity index (χ3v) is 6.01. The predicted molar refractivity (Wildman–Crippen MR) is 103 cm³/mol. The lowest BCUT2D eigenvalue weighted by Crippen LogP contribution is -2.54. The van der Waals surface area contributed by atoms with Crippen molar-refractivity contribution in [3.05, 3.63) is 17.6 Å². The van der Waals surface area contributed by atoms with Crippen LogP contribution in [0, 0.1) is 6.92 Å². The first kappa shape index (κ1) is 18.1. The van der Waals surface area contributed by atoms with Crippen molar-refractivity contribution in [3.8, 4) is 0 Å². The van der Waals surface area contributed by atoms with E-state index in [4.69, 9.17) is 9.72 Å². The van der Waals surface area contributed by atoms with Crippen molar-refractivity contribution in [2.75, 3.05) is 64.8 Å². The van der Waals surface area contributed by atoms with Crippen molar-refractivity contribution in [2.45, 2.75) is 37.8 Å². The second kappa shape index (κ2) is 8.17. The van der Waals surface area contributed by atoms with Crippen molar-refractivity contribution in [1.82, 2.24) is 25.1 Å². The van der Waals surface area contributed by atoms with Crippen molar-refractivity contribution in [3.63, 3.8) is 0 Å². The number of piperazine rings is 1. The molecule has 4 rings (SSSR count). The Bertz CT molecular complexity index is 598. The summed E-state index contributed by atoms with van der Waals surface area (Å²) in [4.78, 5) is 14.4. The third-order valence-electron chi connectivity index (χ3n) is 6.01. The molecule has 0 spiro atoms. The molecule has 7 nitrogen and oxygen atoms in total. The smallest absolute Gasteiger partial charge is 0.130 e. The average molecular weight is 361 g/mol. The summed E-state index contributed by atoms with van der Waals surface area (Å²) >= 11 is 0. The summed E-state index contributed by atoms with van der Waals surface area (Å²) in [6.07, 6.45) is 2.32. The number of rotatable bonds is 4. The van der Waals surface area contributed by atoms with Gasteiger partial charge in [-0.1, -0.05) is 0 Å². The fourth-order valence-corrected chi connectivity index (χ4v) is 4.38. The molecular weight excluding hydrogens is 328 g/mol. The van der Waals surface area contributed by atoms with E-state index in [1.807, 2.05) is 6.92 Å². The van der Waals surface area contributed by atoms with E-state index < -0.39 is 0 Å². The van der Waals surface area contributed by atoms with Crippen molar-refractivity contribution in [1.29, 1.82) is 0 Å². The van der Waals surface area contributed by atoms with Crippen LogP contribution in [0.15, 0.2) is 6.07 Å². The Kier molecular flexibility index (Phi) is 5.69. The summed E-state index contributed by atoms with van der Waals surface area (Å²) in [5.74, 6) is 2.37. The first-order chi connectivity index (χ1) is 12.7. The molecular formula is C19H32N6O. The Labute approximate surface area is 156 Å². The molecule has 0 saturated carbocycles. The number of nitrogens with one attached hydrogen (secondary N) is 2. The van der Waals surface area contributed by atoms with Crippen molar-refractivity contribution in [2.24, 2.45) is 0 Å². The minimum atomic E-state index is 0.300. The standard InChI is InChI=1S/C19H32N6O/c1-14-21-16(15-3-5-20-6-4-15)11-19(22-14)23-17-12-26-13-18(17)25-9-7-24(2)8-10-25/h11,15,17-18,20H,3-10,12-13H2,1-2H3,(H,21,22,23). The molecule has 2 N–H and O–H groups in total. The molecule has 1 aromatic rings. The van der Waals surface area contributed by atoms with Gasteiger partial charge in [0.05, 0.1) is 25.3 Å². The number of nitrogens with zero attached hydrogens (tertiary/aromatic N) is 4. The van der Waals surface area contributed by atoms with Gasteiger partial charge < -0.3 is 20.3 Å². The van der Waals surface area contributed by atoms with E-state index in [0.717, 1.165) is 77.0 Å². The van der Waals surface area contributed by atoms with Crippen molar-refractivity contribution < 1.29 is 4.74 Å². The zero-order valence-corrected chi connectivity index (χ0v) is 16.1. The van der Waals surface area contributed by atoms with Crippen LogP contribution in [0.5, 0.6) is 0 Å². The molecule has 26 heavy (non-hydrogen) atoms. The van der Waals surface area contributed by atoms with E-state index in [0.29, 0.717) is 18.0 Å². The zero-order chi connectivity index (χ0) is 17.9. The molecule has 3 saturated heterocycles. The molecule has 0 aliphatic carbocycles. The summed E-state index contributed by atoms with van der Waals surface area (Å²) in [7, 11) is 2.20. The lowest BCUT2D eigenvalue weighted by Gasteiger charge is -2.38. The fraction of sp³-hybridized carbons (Fsp3) is 0.789. The van der Waals surface area contributed by atoms with Gasteiger partial charge in [-0.2, -0.15) is 0 Å². The largest absolute Gasteiger partial charge is 0.378 e. The second-order valence-corrected chi connectivity index (χ2v) is 7.94. The molecule has 3 aliphatic rings. The number of aryl methyl sites for hydroxylation is 1. The summed E-state index contributed by atoms with van der Waals surface area (Å²) in [5, 5.41) is 7.11. The second-order valence-electron chi connectivity index (χ2n) is 7.94. The van der Waals surface area contributed by atoms with Crippen LogP contribution in [0.3, 0.4) is 0 Å². The monoisotopic (exact) mass is 360 g/mol. The number of aromatic nitrogens is 2. The van der Waals surface area contributed by atoms with Crippen molar-refractivity contribution >= 4 is 5.82 Å². The van der Waals surface area contributed by atoms with Gasteiger partial charge in [0.15, 0.2) is 0 Å². The number of anilines is 1. The Balaban J connectivity index is 1.44. The van der Waals surface area contributed by atoms with Crippen LogP contribution in [0.4, 0.5) is 5.82 Å². The number of likely N-dealkylation sites (N-methyl/N-ethyl adjacent to an activating group) is 1. The highest BCUT2D eigenvalue weighted by Gasteiger charge is 2.34. The lowest BCUT2D eigenvalue weighted by atomic mass is 9.94. The van der Waals surface area contributed by atoms with E-state index in [9.17, 15) is 0 Å². The molecule has 4 heterocycles. The molecule has 0 radical (unpaired) electrons. The van der Waals surface area contributed by atoms with Crippen LogP contribution >= 0.6 is 0 Å². The molecule has 0 bridgehead atoms. The highest BCUT2D eigenvalue weighted by molar-refractivity contribution is 5.39. The van der Waals surface area contributed by atoms with Gasteiger partial charge in [0.1, 0.15) is 11.6 Å². The van der Waals surface area contributed by atoms with E-state index in [-0.39, 0.29) is 0 Å². The highest BCUT2D eigenvalue weighted by Crippen LogP contribution is 2.26. The van der Waals surface area contributed by atoms with Gasteiger partial charge in [0.2, 0.25) is 0 Å². The van der Waals surface area contributed by atoms with Gasteiger partial charge in [-0.05, 0) is 39.9 Å². The van der Waals surface area contributed by atoms with Gasteiger partial charge in [-0.3, -0.25) is 4.90 Å². The van der Waals surface area contributed by atoms with Gasteiger partial charge in [0, 0.05) is 43.9 Å². The Morgan fingerprint density at radius 3 is 2.65 bits per heavy atom. The van der Waals surface area contributed by atoms with Crippen LogP contribution in [0.25, 0.3) is 0 Å². The maximum absolute atomic E-state index is 5.83. The van der Waals surface area contributed by atoms with Gasteiger partial charge in [-0.25, -0.2) is 9.97 Å². The van der Waals surface area contributed by atoms with Crippen LogP contribution in [-0.4, -0.2) is 91.4 Å². The van der Waals surface area contributed by atoms with Gasteiger partial charge >= 0.3 is 0 Å². The molecule has 1 aromatic heterocycles. The number of hydrogen-bond donors (Lipinski definition) is 2. The molecule has 144 valence electrons. The molecule has 0 amide bonds.